The van der Waals surface area contributed by atoms with Crippen molar-refractivity contribution >= 4 is 32.9 Å². The van der Waals surface area contributed by atoms with Crippen molar-refractivity contribution in [3.05, 3.63) is 16.9 Å². The summed E-state index contributed by atoms with van der Waals surface area (Å²) in [5.41, 5.74) is 6.95. The largest absolute Gasteiger partial charge is 0.382 e. The zero-order valence-electron chi connectivity index (χ0n) is 5.50. The van der Waals surface area contributed by atoms with Crippen LogP contribution in [0, 0.1) is 0 Å². The lowest BCUT2D eigenvalue weighted by molar-refractivity contribution is 1.26. The Hall–Kier alpha value is -1.10. The molecule has 2 rings (SSSR count). The van der Waals surface area contributed by atoms with Gasteiger partial charge in [-0.05, 0) is 22.0 Å². The molecule has 0 spiro atoms. The van der Waals surface area contributed by atoms with Crippen molar-refractivity contribution in [2.45, 2.75) is 0 Å². The van der Waals surface area contributed by atoms with Crippen molar-refractivity contribution in [1.82, 2.24) is 15.0 Å². The van der Waals surface area contributed by atoms with E-state index in [4.69, 9.17) is 5.73 Å². The fourth-order valence-corrected chi connectivity index (χ4v) is 1.29. The van der Waals surface area contributed by atoms with Gasteiger partial charge in [0.15, 0.2) is 5.65 Å². The summed E-state index contributed by atoms with van der Waals surface area (Å²) in [6.07, 6.45) is 1.52. The van der Waals surface area contributed by atoms with E-state index in [1.54, 1.807) is 0 Å². The van der Waals surface area contributed by atoms with Crippen LogP contribution in [0.5, 0.6) is 0 Å². The minimum Gasteiger partial charge on any atom is -0.382 e. The lowest BCUT2D eigenvalue weighted by Gasteiger charge is -1.89. The van der Waals surface area contributed by atoms with Crippen LogP contribution in [-0.4, -0.2) is 15.0 Å². The molecular formula is C6H5BrN4. The maximum absolute atomic E-state index is 5.43. The van der Waals surface area contributed by atoms with Crippen LogP contribution in [0.15, 0.2) is 16.9 Å². The highest BCUT2D eigenvalue weighted by molar-refractivity contribution is 9.10. The summed E-state index contributed by atoms with van der Waals surface area (Å²) in [5, 5.41) is 0. The number of H-pyrrole nitrogens is 1. The normalized spacial score (nSPS) is 10.6. The van der Waals surface area contributed by atoms with Gasteiger partial charge in [-0.2, -0.15) is 0 Å². The van der Waals surface area contributed by atoms with E-state index in [0.29, 0.717) is 5.82 Å². The molecule has 0 amide bonds. The third-order valence-electron chi connectivity index (χ3n) is 1.32. The molecule has 2 aromatic heterocycles. The van der Waals surface area contributed by atoms with Gasteiger partial charge >= 0.3 is 0 Å². The van der Waals surface area contributed by atoms with Crippen molar-refractivity contribution in [1.29, 1.82) is 0 Å². The Labute approximate surface area is 71.0 Å². The van der Waals surface area contributed by atoms with E-state index < -0.39 is 0 Å². The molecule has 11 heavy (non-hydrogen) atoms. The molecule has 0 radical (unpaired) electrons. The molecule has 5 heteroatoms. The maximum Gasteiger partial charge on any atom is 0.157 e. The first-order valence-corrected chi connectivity index (χ1v) is 3.82. The summed E-state index contributed by atoms with van der Waals surface area (Å²) in [7, 11) is 0. The SMILES string of the molecule is Nc1cnc2[nH]c(Br)cc2n1. The summed E-state index contributed by atoms with van der Waals surface area (Å²) in [6, 6.07) is 1.83. The van der Waals surface area contributed by atoms with Crippen LogP contribution in [0.3, 0.4) is 0 Å². The Morgan fingerprint density at radius 1 is 1.55 bits per heavy atom. The molecule has 0 saturated heterocycles. The second-order valence-electron chi connectivity index (χ2n) is 2.15. The number of nitrogens with zero attached hydrogens (tertiary/aromatic N) is 2. The van der Waals surface area contributed by atoms with Crippen molar-refractivity contribution < 1.29 is 0 Å². The quantitative estimate of drug-likeness (QED) is 0.692. The first-order valence-electron chi connectivity index (χ1n) is 3.02. The number of hydrogen-bond donors (Lipinski definition) is 2. The molecule has 56 valence electrons. The molecule has 0 atom stereocenters. The Morgan fingerprint density at radius 3 is 3.18 bits per heavy atom. The zero-order chi connectivity index (χ0) is 7.84. The number of nitrogens with one attached hydrogen (secondary N) is 1. The average Bonchev–Trinajstić information content (AvgIpc) is 2.27. The molecule has 0 aliphatic rings. The molecule has 0 aliphatic heterocycles. The number of fused-ring (bicyclic) bond motifs is 1. The van der Waals surface area contributed by atoms with Gasteiger partial charge < -0.3 is 10.7 Å². The zero-order valence-corrected chi connectivity index (χ0v) is 7.09. The number of nitrogen functional groups attached to an aromatic ring is 1. The van der Waals surface area contributed by atoms with Gasteiger partial charge in [0.05, 0.1) is 10.8 Å². The predicted molar refractivity (Wildman–Crippen MR) is 46.0 cm³/mol. The summed E-state index contributed by atoms with van der Waals surface area (Å²) in [6.45, 7) is 0. The Morgan fingerprint density at radius 2 is 2.36 bits per heavy atom. The highest BCUT2D eigenvalue weighted by Crippen LogP contribution is 2.15. The molecule has 0 fully saturated rings. The van der Waals surface area contributed by atoms with Crippen LogP contribution in [-0.2, 0) is 0 Å². The van der Waals surface area contributed by atoms with E-state index >= 15 is 0 Å². The third-order valence-corrected chi connectivity index (χ3v) is 1.75. The van der Waals surface area contributed by atoms with E-state index in [2.05, 4.69) is 30.9 Å². The van der Waals surface area contributed by atoms with Gasteiger partial charge in [0.1, 0.15) is 11.3 Å². The fourth-order valence-electron chi connectivity index (χ4n) is 0.884. The summed E-state index contributed by atoms with van der Waals surface area (Å²) < 4.78 is 0.859. The number of rotatable bonds is 0. The molecule has 2 heterocycles. The van der Waals surface area contributed by atoms with Gasteiger partial charge in [-0.3, -0.25) is 0 Å². The average molecular weight is 213 g/mol. The van der Waals surface area contributed by atoms with Gasteiger partial charge in [-0.25, -0.2) is 9.97 Å². The first-order chi connectivity index (χ1) is 5.25. The smallest absolute Gasteiger partial charge is 0.157 e. The van der Waals surface area contributed by atoms with Gasteiger partial charge in [0, 0.05) is 0 Å². The number of halogens is 1. The van der Waals surface area contributed by atoms with E-state index in [1.165, 1.54) is 6.20 Å². The number of aromatic nitrogens is 3. The Balaban J connectivity index is 2.82. The Bertz CT molecular complexity index is 394. The maximum atomic E-state index is 5.43. The summed E-state index contributed by atoms with van der Waals surface area (Å²) >= 11 is 3.27. The topological polar surface area (TPSA) is 67.6 Å². The van der Waals surface area contributed by atoms with Crippen LogP contribution in [0.4, 0.5) is 5.82 Å². The highest BCUT2D eigenvalue weighted by Gasteiger charge is 1.99. The van der Waals surface area contributed by atoms with Crippen molar-refractivity contribution in [2.75, 3.05) is 5.73 Å². The van der Waals surface area contributed by atoms with E-state index in [-0.39, 0.29) is 0 Å². The molecule has 0 saturated carbocycles. The van der Waals surface area contributed by atoms with Crippen LogP contribution >= 0.6 is 15.9 Å². The van der Waals surface area contributed by atoms with Crippen LogP contribution in [0.25, 0.3) is 11.2 Å². The number of hydrogen-bond acceptors (Lipinski definition) is 3. The second kappa shape index (κ2) is 2.20. The van der Waals surface area contributed by atoms with Crippen LogP contribution in [0.2, 0.25) is 0 Å². The molecule has 0 unspecified atom stereocenters. The standard InChI is InChI=1S/C6H5BrN4/c7-4-1-3-6(11-4)9-2-5(8)10-3/h1-2H,(H2,8,10)(H,9,11). The van der Waals surface area contributed by atoms with Gasteiger partial charge in [0.25, 0.3) is 0 Å². The van der Waals surface area contributed by atoms with E-state index in [0.717, 1.165) is 15.8 Å². The fraction of sp³-hybridized carbons (Fsp3) is 0. The molecular weight excluding hydrogens is 208 g/mol. The molecule has 3 N–H and O–H groups in total. The summed E-state index contributed by atoms with van der Waals surface area (Å²) in [5.74, 6) is 0.434. The van der Waals surface area contributed by atoms with Crippen molar-refractivity contribution in [3.8, 4) is 0 Å². The van der Waals surface area contributed by atoms with Crippen LogP contribution in [0.1, 0.15) is 0 Å². The Kier molecular flexibility index (Phi) is 1.32. The van der Waals surface area contributed by atoms with Gasteiger partial charge in [-0.15, -0.1) is 0 Å². The lowest BCUT2D eigenvalue weighted by atomic mass is 10.5. The number of nitrogens with two attached hydrogens (primary N) is 1. The number of anilines is 1. The minimum absolute atomic E-state index is 0.434. The third kappa shape index (κ3) is 1.07. The molecule has 0 bridgehead atoms. The molecule has 4 nitrogen and oxygen atoms in total. The first kappa shape index (κ1) is 6.60. The second-order valence-corrected chi connectivity index (χ2v) is 3.00. The molecule has 2 aromatic rings. The summed E-state index contributed by atoms with van der Waals surface area (Å²) in [4.78, 5) is 11.1. The van der Waals surface area contributed by atoms with E-state index in [9.17, 15) is 0 Å². The minimum atomic E-state index is 0.434. The lowest BCUT2D eigenvalue weighted by Crippen LogP contribution is -1.90. The monoisotopic (exact) mass is 212 g/mol. The molecule has 0 aliphatic carbocycles. The number of aromatic amines is 1. The molecule has 0 aromatic carbocycles. The van der Waals surface area contributed by atoms with Gasteiger partial charge in [-0.1, -0.05) is 0 Å². The van der Waals surface area contributed by atoms with Crippen molar-refractivity contribution in [2.24, 2.45) is 0 Å². The van der Waals surface area contributed by atoms with Crippen LogP contribution < -0.4 is 5.73 Å². The van der Waals surface area contributed by atoms with Crippen molar-refractivity contribution in [3.63, 3.8) is 0 Å². The van der Waals surface area contributed by atoms with E-state index in [1.807, 2.05) is 6.07 Å². The van der Waals surface area contributed by atoms with Gasteiger partial charge in [0.2, 0.25) is 0 Å². The highest BCUT2D eigenvalue weighted by atomic mass is 79.9. The predicted octanol–water partition coefficient (Wildman–Crippen LogP) is 1.30.